The number of benzene rings is 1. The molecule has 0 aliphatic heterocycles. The Hall–Kier alpha value is -0.970. The van der Waals surface area contributed by atoms with Gasteiger partial charge in [0, 0.05) is 22.4 Å². The zero-order valence-corrected chi connectivity index (χ0v) is 13.1. The van der Waals surface area contributed by atoms with Crippen molar-refractivity contribution in [3.05, 3.63) is 50.7 Å². The first-order valence-electron chi connectivity index (χ1n) is 5.76. The van der Waals surface area contributed by atoms with Gasteiger partial charge in [-0.2, -0.15) is 0 Å². The third-order valence-electron chi connectivity index (χ3n) is 2.82. The van der Waals surface area contributed by atoms with Crippen LogP contribution in [0.3, 0.4) is 0 Å². The molecular weight excluding hydrogens is 298 g/mol. The maximum absolute atomic E-state index is 12.4. The fraction of sp³-hybridized carbons (Fsp3) is 0.214. The number of hydrogen-bond acceptors (Lipinski definition) is 3. The molecule has 0 saturated heterocycles. The van der Waals surface area contributed by atoms with Gasteiger partial charge in [-0.1, -0.05) is 17.7 Å². The summed E-state index contributed by atoms with van der Waals surface area (Å²) in [5, 5.41) is 0. The predicted molar refractivity (Wildman–Crippen MR) is 83.6 cm³/mol. The zero-order valence-electron chi connectivity index (χ0n) is 10.7. The summed E-state index contributed by atoms with van der Waals surface area (Å²) < 4.78 is 0.740. The lowest BCUT2D eigenvalue weighted by Crippen LogP contribution is -2.26. The van der Waals surface area contributed by atoms with E-state index in [-0.39, 0.29) is 5.91 Å². The highest BCUT2D eigenvalue weighted by atomic mass is 35.5. The molecule has 0 spiro atoms. The summed E-state index contributed by atoms with van der Waals surface area (Å²) in [5.74, 6) is -0.00192. The van der Waals surface area contributed by atoms with Crippen molar-refractivity contribution >= 4 is 41.5 Å². The molecule has 0 saturated carbocycles. The Labute approximate surface area is 127 Å². The number of amides is 1. The standard InChI is InChI=1S/C14H14ClNOS2/c1-9-3-4-10(18)7-12(9)14(17)16(2)8-11-5-6-13(15)19-11/h3-7,18H,8H2,1-2H3. The third kappa shape index (κ3) is 3.53. The molecule has 1 amide bonds. The van der Waals surface area contributed by atoms with Crippen LogP contribution in [0.1, 0.15) is 20.8 Å². The minimum Gasteiger partial charge on any atom is -0.337 e. The summed E-state index contributed by atoms with van der Waals surface area (Å²) in [5.41, 5.74) is 1.65. The van der Waals surface area contributed by atoms with Gasteiger partial charge in [-0.3, -0.25) is 4.79 Å². The zero-order chi connectivity index (χ0) is 14.0. The monoisotopic (exact) mass is 311 g/mol. The second-order valence-electron chi connectivity index (χ2n) is 4.37. The van der Waals surface area contributed by atoms with Crippen LogP contribution >= 0.6 is 35.6 Å². The minimum atomic E-state index is -0.00192. The van der Waals surface area contributed by atoms with Crippen molar-refractivity contribution in [2.75, 3.05) is 7.05 Å². The Morgan fingerprint density at radius 1 is 1.37 bits per heavy atom. The van der Waals surface area contributed by atoms with Gasteiger partial charge in [0.25, 0.3) is 5.91 Å². The molecule has 5 heteroatoms. The van der Waals surface area contributed by atoms with Crippen molar-refractivity contribution in [1.29, 1.82) is 0 Å². The van der Waals surface area contributed by atoms with Crippen LogP contribution in [-0.4, -0.2) is 17.9 Å². The fourth-order valence-corrected chi connectivity index (χ4v) is 3.13. The van der Waals surface area contributed by atoms with E-state index < -0.39 is 0 Å². The lowest BCUT2D eigenvalue weighted by molar-refractivity contribution is 0.0785. The molecule has 0 bridgehead atoms. The molecule has 0 aliphatic rings. The van der Waals surface area contributed by atoms with Crippen molar-refractivity contribution in [3.8, 4) is 0 Å². The summed E-state index contributed by atoms with van der Waals surface area (Å²) in [6.07, 6.45) is 0. The lowest BCUT2D eigenvalue weighted by Gasteiger charge is -2.17. The van der Waals surface area contributed by atoms with Crippen molar-refractivity contribution in [1.82, 2.24) is 4.90 Å². The Balaban J connectivity index is 2.16. The highest BCUT2D eigenvalue weighted by molar-refractivity contribution is 7.80. The molecule has 2 rings (SSSR count). The van der Waals surface area contributed by atoms with Crippen LogP contribution in [0, 0.1) is 6.92 Å². The average Bonchev–Trinajstić information content (AvgIpc) is 2.77. The number of aryl methyl sites for hydroxylation is 1. The SMILES string of the molecule is Cc1ccc(S)cc1C(=O)N(C)Cc1ccc(Cl)s1. The molecule has 0 atom stereocenters. The molecule has 1 aromatic heterocycles. The number of nitrogens with zero attached hydrogens (tertiary/aromatic N) is 1. The predicted octanol–water partition coefficient (Wildman–Crippen LogP) is 4.27. The summed E-state index contributed by atoms with van der Waals surface area (Å²) in [4.78, 5) is 15.9. The quantitative estimate of drug-likeness (QED) is 0.839. The van der Waals surface area contributed by atoms with E-state index >= 15 is 0 Å². The van der Waals surface area contributed by atoms with Crippen molar-refractivity contribution in [2.45, 2.75) is 18.4 Å². The molecule has 100 valence electrons. The van der Waals surface area contributed by atoms with Gasteiger partial charge in [-0.15, -0.1) is 24.0 Å². The van der Waals surface area contributed by atoms with Crippen molar-refractivity contribution < 1.29 is 4.79 Å². The number of carbonyl (C=O) groups excluding carboxylic acids is 1. The second kappa shape index (κ2) is 5.99. The van der Waals surface area contributed by atoms with Crippen LogP contribution in [-0.2, 0) is 6.54 Å². The number of rotatable bonds is 3. The Kier molecular flexibility index (Phi) is 4.55. The highest BCUT2D eigenvalue weighted by Gasteiger charge is 2.15. The lowest BCUT2D eigenvalue weighted by atomic mass is 10.1. The highest BCUT2D eigenvalue weighted by Crippen LogP contribution is 2.23. The van der Waals surface area contributed by atoms with E-state index in [1.54, 1.807) is 18.0 Å². The maximum atomic E-state index is 12.4. The van der Waals surface area contributed by atoms with E-state index in [0.717, 1.165) is 19.7 Å². The van der Waals surface area contributed by atoms with Crippen LogP contribution in [0.25, 0.3) is 0 Å². The van der Waals surface area contributed by atoms with E-state index in [2.05, 4.69) is 12.6 Å². The molecule has 0 unspecified atom stereocenters. The number of carbonyl (C=O) groups is 1. The van der Waals surface area contributed by atoms with Crippen LogP contribution in [0.2, 0.25) is 4.34 Å². The minimum absolute atomic E-state index is 0.00192. The Morgan fingerprint density at radius 2 is 2.11 bits per heavy atom. The van der Waals surface area contributed by atoms with Gasteiger partial charge in [0.1, 0.15) is 0 Å². The summed E-state index contributed by atoms with van der Waals surface area (Å²) in [6, 6.07) is 9.39. The number of thiol groups is 1. The van der Waals surface area contributed by atoms with E-state index in [0.29, 0.717) is 12.1 Å². The third-order valence-corrected chi connectivity index (χ3v) is 4.31. The van der Waals surface area contributed by atoms with Crippen LogP contribution in [0.5, 0.6) is 0 Å². The fourth-order valence-electron chi connectivity index (χ4n) is 1.79. The normalized spacial score (nSPS) is 10.5. The Morgan fingerprint density at radius 3 is 2.74 bits per heavy atom. The molecule has 0 radical (unpaired) electrons. The van der Waals surface area contributed by atoms with Gasteiger partial charge >= 0.3 is 0 Å². The van der Waals surface area contributed by atoms with Crippen LogP contribution < -0.4 is 0 Å². The van der Waals surface area contributed by atoms with Crippen molar-refractivity contribution in [3.63, 3.8) is 0 Å². The molecule has 2 aromatic rings. The number of hydrogen-bond donors (Lipinski definition) is 1. The molecule has 19 heavy (non-hydrogen) atoms. The average molecular weight is 312 g/mol. The van der Waals surface area contributed by atoms with E-state index in [4.69, 9.17) is 11.6 Å². The second-order valence-corrected chi connectivity index (χ2v) is 6.68. The summed E-state index contributed by atoms with van der Waals surface area (Å²) >= 11 is 11.7. The first kappa shape index (κ1) is 14.4. The molecular formula is C14H14ClNOS2. The molecule has 0 fully saturated rings. The van der Waals surface area contributed by atoms with E-state index in [9.17, 15) is 4.79 Å². The smallest absolute Gasteiger partial charge is 0.254 e. The molecule has 1 aromatic carbocycles. The van der Waals surface area contributed by atoms with Crippen LogP contribution in [0.4, 0.5) is 0 Å². The molecule has 1 heterocycles. The van der Waals surface area contributed by atoms with Crippen LogP contribution in [0.15, 0.2) is 35.2 Å². The maximum Gasteiger partial charge on any atom is 0.254 e. The summed E-state index contributed by atoms with van der Waals surface area (Å²) in [6.45, 7) is 2.49. The first-order valence-corrected chi connectivity index (χ1v) is 7.41. The van der Waals surface area contributed by atoms with Gasteiger partial charge in [0.05, 0.1) is 10.9 Å². The van der Waals surface area contributed by atoms with Gasteiger partial charge in [-0.05, 0) is 36.8 Å². The molecule has 0 N–H and O–H groups in total. The number of thiophene rings is 1. The van der Waals surface area contributed by atoms with Gasteiger partial charge in [0.2, 0.25) is 0 Å². The van der Waals surface area contributed by atoms with Gasteiger partial charge in [0.15, 0.2) is 0 Å². The van der Waals surface area contributed by atoms with Gasteiger partial charge < -0.3 is 4.90 Å². The molecule has 2 nitrogen and oxygen atoms in total. The van der Waals surface area contributed by atoms with E-state index in [1.165, 1.54) is 11.3 Å². The topological polar surface area (TPSA) is 20.3 Å². The first-order chi connectivity index (χ1) is 8.97. The molecule has 0 aliphatic carbocycles. The number of halogens is 1. The van der Waals surface area contributed by atoms with Gasteiger partial charge in [-0.25, -0.2) is 0 Å². The summed E-state index contributed by atoms with van der Waals surface area (Å²) in [7, 11) is 1.79. The van der Waals surface area contributed by atoms with Crippen molar-refractivity contribution in [2.24, 2.45) is 0 Å². The Bertz CT molecular complexity index is 609. The van der Waals surface area contributed by atoms with E-state index in [1.807, 2.05) is 31.2 Å². The largest absolute Gasteiger partial charge is 0.337 e.